The van der Waals surface area contributed by atoms with Gasteiger partial charge in [-0.25, -0.2) is 4.79 Å². The highest BCUT2D eigenvalue weighted by molar-refractivity contribution is 5.87. The lowest BCUT2D eigenvalue weighted by Crippen LogP contribution is -2.30. The number of carboxylic acids is 1. The number of carbonyl (C=O) groups is 1. The smallest absolute Gasteiger partial charge is 0.416 e. The molecule has 8 heteroatoms. The van der Waals surface area contributed by atoms with Crippen LogP contribution in [0.3, 0.4) is 0 Å². The minimum Gasteiger partial charge on any atom is -0.478 e. The lowest BCUT2D eigenvalue weighted by molar-refractivity contribution is -0.137. The van der Waals surface area contributed by atoms with Gasteiger partial charge in [0.05, 0.1) is 17.7 Å². The summed E-state index contributed by atoms with van der Waals surface area (Å²) in [5, 5.41) is 20.1. The van der Waals surface area contributed by atoms with E-state index in [1.54, 1.807) is 18.2 Å². The third kappa shape index (κ3) is 8.57. The maximum atomic E-state index is 12.5. The topological polar surface area (TPSA) is 95.6 Å². The molecule has 1 atom stereocenters. The number of aromatic carboxylic acids is 1. The summed E-state index contributed by atoms with van der Waals surface area (Å²) < 4.78 is 37.4. The zero-order chi connectivity index (χ0) is 20.4. The molecule has 0 fully saturated rings. The molecule has 0 aromatic heterocycles. The molecule has 148 valence electrons. The van der Waals surface area contributed by atoms with Crippen LogP contribution < -0.4 is 11.1 Å². The number of alkyl halides is 3. The molecule has 0 aliphatic rings. The molecule has 0 amide bonds. The van der Waals surface area contributed by atoms with Crippen molar-refractivity contribution in [3.8, 4) is 0 Å². The average Bonchev–Trinajstić information content (AvgIpc) is 2.60. The molecule has 0 spiro atoms. The Hall–Kier alpha value is -2.58. The van der Waals surface area contributed by atoms with Crippen LogP contribution in [-0.4, -0.2) is 35.4 Å². The van der Waals surface area contributed by atoms with Gasteiger partial charge in [0.15, 0.2) is 0 Å². The minimum atomic E-state index is -4.29. The van der Waals surface area contributed by atoms with Crippen molar-refractivity contribution in [2.75, 3.05) is 18.9 Å². The Morgan fingerprint density at radius 3 is 2.33 bits per heavy atom. The summed E-state index contributed by atoms with van der Waals surface area (Å²) in [6, 6.07) is 11.4. The van der Waals surface area contributed by atoms with E-state index in [2.05, 4.69) is 5.32 Å². The molecular formula is C19H23F3N2O3. The van der Waals surface area contributed by atoms with Crippen molar-refractivity contribution >= 4 is 11.7 Å². The Morgan fingerprint density at radius 1 is 1.19 bits per heavy atom. The minimum absolute atomic E-state index is 0.0208. The van der Waals surface area contributed by atoms with Crippen LogP contribution >= 0.6 is 0 Å². The van der Waals surface area contributed by atoms with Crippen LogP contribution in [0.4, 0.5) is 18.9 Å². The van der Waals surface area contributed by atoms with E-state index in [1.807, 2.05) is 6.92 Å². The molecule has 5 nitrogen and oxygen atoms in total. The quantitative estimate of drug-likeness (QED) is 0.574. The Labute approximate surface area is 155 Å². The highest BCUT2D eigenvalue weighted by Gasteiger charge is 2.30. The summed E-state index contributed by atoms with van der Waals surface area (Å²) in [4.78, 5) is 10.3. The molecule has 0 saturated carbocycles. The Morgan fingerprint density at radius 2 is 1.81 bits per heavy atom. The van der Waals surface area contributed by atoms with Crippen LogP contribution in [0.1, 0.15) is 28.4 Å². The first-order valence-electron chi connectivity index (χ1n) is 8.22. The van der Waals surface area contributed by atoms with E-state index in [0.29, 0.717) is 24.2 Å². The molecule has 2 aromatic carbocycles. The number of hydrogen-bond acceptors (Lipinski definition) is 4. The number of nitrogens with one attached hydrogen (secondary N) is 1. The standard InChI is InChI=1S/C12H16F3NO.C7H7NO2/c1-9(16-5-6-17)7-10-3-2-4-11(8-10)12(13,14)15;8-6-3-1-5(2-4-6)7(9)10/h2-4,8-9,16-17H,5-7H2,1H3;1-4H,8H2,(H,9,10). The summed E-state index contributed by atoms with van der Waals surface area (Å²) in [7, 11) is 0. The van der Waals surface area contributed by atoms with Crippen LogP contribution in [0.15, 0.2) is 48.5 Å². The first-order chi connectivity index (χ1) is 12.6. The molecular weight excluding hydrogens is 361 g/mol. The third-order valence-corrected chi connectivity index (χ3v) is 3.56. The van der Waals surface area contributed by atoms with Gasteiger partial charge in [0.25, 0.3) is 0 Å². The van der Waals surface area contributed by atoms with Gasteiger partial charge in [0.1, 0.15) is 0 Å². The second kappa shape index (κ2) is 10.5. The lowest BCUT2D eigenvalue weighted by atomic mass is 10.0. The highest BCUT2D eigenvalue weighted by atomic mass is 19.4. The van der Waals surface area contributed by atoms with E-state index in [0.717, 1.165) is 12.1 Å². The zero-order valence-corrected chi connectivity index (χ0v) is 14.8. The summed E-state index contributed by atoms with van der Waals surface area (Å²) in [6.45, 7) is 2.34. The van der Waals surface area contributed by atoms with Crippen molar-refractivity contribution < 1.29 is 28.2 Å². The van der Waals surface area contributed by atoms with Crippen molar-refractivity contribution in [2.24, 2.45) is 0 Å². The second-order valence-electron chi connectivity index (χ2n) is 5.91. The fourth-order valence-corrected chi connectivity index (χ4v) is 2.24. The van der Waals surface area contributed by atoms with Crippen LogP contribution in [-0.2, 0) is 12.6 Å². The zero-order valence-electron chi connectivity index (χ0n) is 14.8. The van der Waals surface area contributed by atoms with E-state index in [4.69, 9.17) is 15.9 Å². The number of aliphatic hydroxyl groups excluding tert-OH is 1. The van der Waals surface area contributed by atoms with Gasteiger partial charge >= 0.3 is 12.1 Å². The van der Waals surface area contributed by atoms with E-state index in [9.17, 15) is 18.0 Å². The lowest BCUT2D eigenvalue weighted by Gasteiger charge is -2.14. The van der Waals surface area contributed by atoms with Gasteiger partial charge in [-0.2, -0.15) is 13.2 Å². The number of nitrogen functional groups attached to an aromatic ring is 1. The molecule has 0 heterocycles. The Bertz CT molecular complexity index is 719. The van der Waals surface area contributed by atoms with Gasteiger partial charge in [-0.1, -0.05) is 18.2 Å². The van der Waals surface area contributed by atoms with Crippen molar-refractivity contribution in [1.82, 2.24) is 5.32 Å². The summed E-state index contributed by atoms with van der Waals surface area (Å²) >= 11 is 0. The SMILES string of the molecule is CC(Cc1cccc(C(F)(F)F)c1)NCCO.Nc1ccc(C(=O)O)cc1. The maximum Gasteiger partial charge on any atom is 0.416 e. The predicted octanol–water partition coefficient (Wildman–Crippen LogP) is 3.19. The average molecular weight is 384 g/mol. The summed E-state index contributed by atoms with van der Waals surface area (Å²) in [6.07, 6.45) is -3.79. The van der Waals surface area contributed by atoms with Gasteiger partial charge in [0.2, 0.25) is 0 Å². The number of halogens is 3. The molecule has 1 unspecified atom stereocenters. The number of anilines is 1. The van der Waals surface area contributed by atoms with E-state index in [-0.39, 0.29) is 18.2 Å². The summed E-state index contributed by atoms with van der Waals surface area (Å²) in [5.74, 6) is -0.931. The van der Waals surface area contributed by atoms with Crippen LogP contribution in [0.25, 0.3) is 0 Å². The molecule has 0 aliphatic carbocycles. The van der Waals surface area contributed by atoms with E-state index >= 15 is 0 Å². The Kier molecular flexibility index (Phi) is 8.77. The number of aliphatic hydroxyl groups is 1. The number of carboxylic acid groups (broad SMARTS) is 1. The number of rotatable bonds is 6. The largest absolute Gasteiger partial charge is 0.478 e. The van der Waals surface area contributed by atoms with Gasteiger partial charge in [0, 0.05) is 18.3 Å². The number of nitrogens with two attached hydrogens (primary N) is 1. The van der Waals surface area contributed by atoms with Crippen molar-refractivity contribution in [1.29, 1.82) is 0 Å². The number of benzene rings is 2. The molecule has 2 aromatic rings. The molecule has 27 heavy (non-hydrogen) atoms. The van der Waals surface area contributed by atoms with E-state index in [1.165, 1.54) is 18.2 Å². The normalized spacial score (nSPS) is 12.0. The molecule has 5 N–H and O–H groups in total. The molecule has 0 radical (unpaired) electrons. The first-order valence-corrected chi connectivity index (χ1v) is 8.22. The fourth-order valence-electron chi connectivity index (χ4n) is 2.24. The van der Waals surface area contributed by atoms with E-state index < -0.39 is 17.7 Å². The molecule has 0 saturated heterocycles. The number of hydrogen-bond donors (Lipinski definition) is 4. The van der Waals surface area contributed by atoms with Gasteiger partial charge in [-0.3, -0.25) is 0 Å². The molecule has 2 rings (SSSR count). The van der Waals surface area contributed by atoms with Crippen molar-refractivity contribution in [3.05, 3.63) is 65.2 Å². The van der Waals surface area contributed by atoms with Gasteiger partial charge in [-0.15, -0.1) is 0 Å². The monoisotopic (exact) mass is 384 g/mol. The van der Waals surface area contributed by atoms with Crippen LogP contribution in [0.5, 0.6) is 0 Å². The molecule has 0 aliphatic heterocycles. The fraction of sp³-hybridized carbons (Fsp3) is 0.316. The first kappa shape index (κ1) is 22.5. The van der Waals surface area contributed by atoms with Gasteiger partial charge < -0.3 is 21.3 Å². The maximum absolute atomic E-state index is 12.5. The van der Waals surface area contributed by atoms with Crippen LogP contribution in [0.2, 0.25) is 0 Å². The predicted molar refractivity (Wildman–Crippen MR) is 97.5 cm³/mol. The van der Waals surface area contributed by atoms with Crippen molar-refractivity contribution in [3.63, 3.8) is 0 Å². The third-order valence-electron chi connectivity index (χ3n) is 3.56. The summed E-state index contributed by atoms with van der Waals surface area (Å²) in [5.41, 5.74) is 6.18. The second-order valence-corrected chi connectivity index (χ2v) is 5.91. The Balaban J connectivity index is 0.000000309. The molecule has 0 bridgehead atoms. The van der Waals surface area contributed by atoms with Crippen LogP contribution in [0, 0.1) is 0 Å². The highest BCUT2D eigenvalue weighted by Crippen LogP contribution is 2.29. The van der Waals surface area contributed by atoms with Crippen molar-refractivity contribution in [2.45, 2.75) is 25.6 Å². The van der Waals surface area contributed by atoms with Gasteiger partial charge in [-0.05, 0) is 49.2 Å².